The number of fused-ring (bicyclic) bond motifs is 1. The second kappa shape index (κ2) is 4.38. The Morgan fingerprint density at radius 3 is 2.37 bits per heavy atom. The lowest BCUT2D eigenvalue weighted by Gasteiger charge is -1.97. The molecule has 0 saturated heterocycles. The lowest BCUT2D eigenvalue weighted by molar-refractivity contribution is 0.0375. The van der Waals surface area contributed by atoms with E-state index in [1.807, 2.05) is 12.3 Å². The molecule has 0 aliphatic carbocycles. The van der Waals surface area contributed by atoms with Crippen molar-refractivity contribution in [2.75, 3.05) is 0 Å². The van der Waals surface area contributed by atoms with E-state index in [9.17, 15) is 0 Å². The van der Waals surface area contributed by atoms with Gasteiger partial charge in [-0.25, -0.2) is 11.0 Å². The van der Waals surface area contributed by atoms with Crippen molar-refractivity contribution >= 4 is 37.8 Å². The van der Waals surface area contributed by atoms with E-state index < -0.39 is 0 Å². The van der Waals surface area contributed by atoms with Gasteiger partial charge in [-0.3, -0.25) is 0 Å². The molecule has 1 aliphatic heterocycles. The van der Waals surface area contributed by atoms with E-state index in [1.54, 1.807) is 22.7 Å². The summed E-state index contributed by atoms with van der Waals surface area (Å²) in [6.45, 7) is 0. The molecule has 0 fully saturated rings. The van der Waals surface area contributed by atoms with E-state index in [-0.39, 0.29) is 0 Å². The van der Waals surface area contributed by atoms with Gasteiger partial charge in [-0.1, -0.05) is 30.3 Å². The fourth-order valence-electron chi connectivity index (χ4n) is 2.16. The van der Waals surface area contributed by atoms with Gasteiger partial charge in [0, 0.05) is 21.9 Å². The Balaban J connectivity index is 1.88. The Morgan fingerprint density at radius 1 is 0.895 bits per heavy atom. The van der Waals surface area contributed by atoms with Crippen molar-refractivity contribution in [2.24, 2.45) is 0 Å². The Morgan fingerprint density at radius 2 is 1.63 bits per heavy atom. The van der Waals surface area contributed by atoms with Gasteiger partial charge in [0.1, 0.15) is 0 Å². The van der Waals surface area contributed by atoms with Crippen LogP contribution in [-0.4, -0.2) is 0 Å². The quantitative estimate of drug-likeness (QED) is 0.748. The van der Waals surface area contributed by atoms with E-state index in [4.69, 9.17) is 4.94 Å². The van der Waals surface area contributed by atoms with E-state index in [0.29, 0.717) is 0 Å². The molecule has 5 heteroatoms. The molecule has 2 N–H and O–H groups in total. The van der Waals surface area contributed by atoms with Gasteiger partial charge in [0.25, 0.3) is 0 Å². The molecule has 0 saturated carbocycles. The molecular formula is C14H10N2OS2. The average molecular weight is 286 g/mol. The second-order valence-corrected chi connectivity index (χ2v) is 5.96. The zero-order chi connectivity index (χ0) is 12.7. The molecule has 3 nitrogen and oxygen atoms in total. The van der Waals surface area contributed by atoms with E-state index >= 15 is 0 Å². The lowest BCUT2D eigenvalue weighted by Crippen LogP contribution is -2.09. The predicted octanol–water partition coefficient (Wildman–Crippen LogP) is 3.97. The summed E-state index contributed by atoms with van der Waals surface area (Å²) >= 11 is 3.55. The van der Waals surface area contributed by atoms with Crippen molar-refractivity contribution in [3.05, 3.63) is 52.9 Å². The standard InChI is InChI=1S/C14H10N2OS2/c1-2-4-9(5-3-1)10-7-18-14-11(8-19-13(10)14)12-6-15-17-16-12/h1-8,15-16H. The van der Waals surface area contributed by atoms with Crippen molar-refractivity contribution in [2.45, 2.75) is 0 Å². The third-order valence-electron chi connectivity index (χ3n) is 3.08. The molecule has 4 rings (SSSR count). The van der Waals surface area contributed by atoms with E-state index in [2.05, 4.69) is 46.0 Å². The summed E-state index contributed by atoms with van der Waals surface area (Å²) in [5.74, 6) is 0. The van der Waals surface area contributed by atoms with Gasteiger partial charge < -0.3 is 0 Å². The molecule has 3 aromatic rings. The number of benzene rings is 1. The van der Waals surface area contributed by atoms with Crippen LogP contribution >= 0.6 is 22.7 Å². The average Bonchev–Trinajstić information content (AvgIpc) is 3.16. The summed E-state index contributed by atoms with van der Waals surface area (Å²) in [5, 5.41) is 4.40. The van der Waals surface area contributed by atoms with Gasteiger partial charge in [-0.15, -0.1) is 22.7 Å². The van der Waals surface area contributed by atoms with Crippen LogP contribution in [-0.2, 0) is 4.94 Å². The molecule has 94 valence electrons. The maximum Gasteiger partial charge on any atom is 0.0905 e. The Bertz CT molecular complexity index is 758. The number of thiophene rings is 2. The van der Waals surface area contributed by atoms with Crippen molar-refractivity contribution in [3.63, 3.8) is 0 Å². The molecule has 0 radical (unpaired) electrons. The summed E-state index contributed by atoms with van der Waals surface area (Å²) < 4.78 is 2.63. The summed E-state index contributed by atoms with van der Waals surface area (Å²) in [7, 11) is 0. The fourth-order valence-corrected chi connectivity index (χ4v) is 4.60. The first-order valence-electron chi connectivity index (χ1n) is 5.85. The van der Waals surface area contributed by atoms with Crippen molar-refractivity contribution < 1.29 is 4.94 Å². The lowest BCUT2D eigenvalue weighted by atomic mass is 10.1. The van der Waals surface area contributed by atoms with Crippen molar-refractivity contribution in [1.29, 1.82) is 0 Å². The first kappa shape index (κ1) is 11.0. The molecule has 2 aromatic heterocycles. The Labute approximate surface area is 118 Å². The maximum absolute atomic E-state index is 4.94. The predicted molar refractivity (Wildman–Crippen MR) is 80.5 cm³/mol. The fraction of sp³-hybridized carbons (Fsp3) is 0. The molecule has 0 unspecified atom stereocenters. The number of rotatable bonds is 2. The normalized spacial score (nSPS) is 14.2. The monoisotopic (exact) mass is 286 g/mol. The van der Waals surface area contributed by atoms with Crippen LogP contribution in [0, 0.1) is 0 Å². The first-order chi connectivity index (χ1) is 9.43. The van der Waals surface area contributed by atoms with Gasteiger partial charge in [-0.2, -0.15) is 4.94 Å². The van der Waals surface area contributed by atoms with Crippen molar-refractivity contribution in [1.82, 2.24) is 11.0 Å². The molecule has 0 spiro atoms. The highest BCUT2D eigenvalue weighted by atomic mass is 32.1. The van der Waals surface area contributed by atoms with Crippen LogP contribution in [0.4, 0.5) is 0 Å². The highest BCUT2D eigenvalue weighted by Crippen LogP contribution is 2.41. The highest BCUT2D eigenvalue weighted by molar-refractivity contribution is 7.27. The van der Waals surface area contributed by atoms with Crippen LogP contribution in [0.15, 0.2) is 47.3 Å². The second-order valence-electron chi connectivity index (χ2n) is 4.20. The number of hydrogen-bond donors (Lipinski definition) is 2. The largest absolute Gasteiger partial charge is 0.247 e. The molecular weight excluding hydrogens is 276 g/mol. The topological polar surface area (TPSA) is 33.3 Å². The van der Waals surface area contributed by atoms with Gasteiger partial charge >= 0.3 is 0 Å². The van der Waals surface area contributed by atoms with Crippen LogP contribution in [0.1, 0.15) is 5.56 Å². The van der Waals surface area contributed by atoms with Crippen molar-refractivity contribution in [3.8, 4) is 11.1 Å². The Kier molecular flexibility index (Phi) is 2.55. The van der Waals surface area contributed by atoms with Gasteiger partial charge in [0.05, 0.1) is 21.3 Å². The summed E-state index contributed by atoms with van der Waals surface area (Å²) in [5.41, 5.74) is 10.3. The van der Waals surface area contributed by atoms with E-state index in [0.717, 1.165) is 5.70 Å². The smallest absolute Gasteiger partial charge is 0.0905 e. The minimum atomic E-state index is 0.979. The van der Waals surface area contributed by atoms with Crippen LogP contribution in [0.3, 0.4) is 0 Å². The first-order valence-corrected chi connectivity index (χ1v) is 7.61. The third-order valence-corrected chi connectivity index (χ3v) is 5.24. The molecule has 19 heavy (non-hydrogen) atoms. The number of hydrogen-bond acceptors (Lipinski definition) is 5. The molecule has 0 bridgehead atoms. The maximum atomic E-state index is 4.94. The molecule has 0 amide bonds. The summed E-state index contributed by atoms with van der Waals surface area (Å²) in [6.07, 6.45) is 1.84. The Hall–Kier alpha value is -1.82. The van der Waals surface area contributed by atoms with Gasteiger partial charge in [0.15, 0.2) is 0 Å². The molecule has 0 atom stereocenters. The van der Waals surface area contributed by atoms with Crippen LogP contribution < -0.4 is 11.0 Å². The minimum Gasteiger partial charge on any atom is -0.247 e. The zero-order valence-electron chi connectivity index (χ0n) is 9.84. The van der Waals surface area contributed by atoms with E-state index in [1.165, 1.54) is 26.1 Å². The third kappa shape index (κ3) is 1.74. The van der Waals surface area contributed by atoms with Gasteiger partial charge in [-0.05, 0) is 5.56 Å². The summed E-state index contributed by atoms with van der Waals surface area (Å²) in [6, 6.07) is 10.5. The van der Waals surface area contributed by atoms with Crippen LogP contribution in [0.5, 0.6) is 0 Å². The summed E-state index contributed by atoms with van der Waals surface area (Å²) in [4.78, 5) is 4.94. The zero-order valence-corrected chi connectivity index (χ0v) is 11.5. The highest BCUT2D eigenvalue weighted by Gasteiger charge is 2.16. The van der Waals surface area contributed by atoms with Crippen LogP contribution in [0.25, 0.3) is 26.2 Å². The minimum absolute atomic E-state index is 0.979. The molecule has 3 heterocycles. The number of hydroxylamine groups is 2. The number of nitrogens with one attached hydrogen (secondary N) is 2. The SMILES string of the molecule is C1=C(c2csc3c(-c4ccccc4)csc23)NON1. The van der Waals surface area contributed by atoms with Gasteiger partial charge in [0.2, 0.25) is 0 Å². The van der Waals surface area contributed by atoms with Crippen LogP contribution in [0.2, 0.25) is 0 Å². The molecule has 1 aromatic carbocycles. The molecule has 1 aliphatic rings.